The van der Waals surface area contributed by atoms with E-state index >= 15 is 0 Å². The number of hydrogen-bond acceptors (Lipinski definition) is 5. The lowest BCUT2D eigenvalue weighted by atomic mass is 9.97. The molecule has 0 saturated carbocycles. The number of nitrogens with zero attached hydrogens (tertiary/aromatic N) is 2. The molecule has 0 unspecified atom stereocenters. The van der Waals surface area contributed by atoms with Gasteiger partial charge in [-0.3, -0.25) is 4.79 Å². The number of carbonyl (C=O) groups is 1. The monoisotopic (exact) mass is 379 g/mol. The normalized spacial score (nSPS) is 11.3. The highest BCUT2D eigenvalue weighted by Crippen LogP contribution is 2.24. The molecule has 3 aromatic rings. The SMILES string of the molecule is COc1cccc(CCC(=O)Nc2ccc(-c3noc(C(C)(C)C)n3)cc2)c1. The van der Waals surface area contributed by atoms with Crippen LogP contribution in [0.1, 0.15) is 38.6 Å². The molecule has 1 amide bonds. The Morgan fingerprint density at radius 1 is 1.14 bits per heavy atom. The van der Waals surface area contributed by atoms with Crippen LogP contribution in [0, 0.1) is 0 Å². The average Bonchev–Trinajstić information content (AvgIpc) is 3.18. The zero-order valence-corrected chi connectivity index (χ0v) is 16.7. The minimum absolute atomic E-state index is 0.0369. The van der Waals surface area contributed by atoms with Gasteiger partial charge in [-0.15, -0.1) is 0 Å². The van der Waals surface area contributed by atoms with Gasteiger partial charge in [-0.2, -0.15) is 4.98 Å². The summed E-state index contributed by atoms with van der Waals surface area (Å²) in [7, 11) is 1.63. The van der Waals surface area contributed by atoms with Crippen LogP contribution in [0.4, 0.5) is 5.69 Å². The van der Waals surface area contributed by atoms with E-state index in [1.807, 2.05) is 69.3 Å². The van der Waals surface area contributed by atoms with Gasteiger partial charge in [0.1, 0.15) is 5.75 Å². The highest BCUT2D eigenvalue weighted by molar-refractivity contribution is 5.91. The van der Waals surface area contributed by atoms with Crippen LogP contribution < -0.4 is 10.1 Å². The van der Waals surface area contributed by atoms with E-state index in [9.17, 15) is 4.79 Å². The molecule has 3 rings (SSSR count). The van der Waals surface area contributed by atoms with Crippen LogP contribution in [0.25, 0.3) is 11.4 Å². The van der Waals surface area contributed by atoms with Crippen molar-refractivity contribution in [2.75, 3.05) is 12.4 Å². The number of carbonyl (C=O) groups excluding carboxylic acids is 1. The molecule has 0 spiro atoms. The van der Waals surface area contributed by atoms with Gasteiger partial charge in [0.25, 0.3) is 0 Å². The lowest BCUT2D eigenvalue weighted by Crippen LogP contribution is -2.12. The minimum atomic E-state index is -0.193. The number of methoxy groups -OCH3 is 1. The zero-order chi connectivity index (χ0) is 20.1. The molecular weight excluding hydrogens is 354 g/mol. The van der Waals surface area contributed by atoms with E-state index in [4.69, 9.17) is 9.26 Å². The molecular formula is C22H25N3O3. The molecule has 0 aliphatic rings. The van der Waals surface area contributed by atoms with E-state index in [1.165, 1.54) is 0 Å². The first kappa shape index (κ1) is 19.6. The highest BCUT2D eigenvalue weighted by atomic mass is 16.5. The van der Waals surface area contributed by atoms with Crippen LogP contribution in [-0.4, -0.2) is 23.2 Å². The molecule has 146 valence electrons. The Morgan fingerprint density at radius 3 is 2.54 bits per heavy atom. The van der Waals surface area contributed by atoms with Crippen molar-refractivity contribution < 1.29 is 14.1 Å². The first-order valence-corrected chi connectivity index (χ1v) is 9.22. The molecule has 0 bridgehead atoms. The second kappa shape index (κ2) is 8.25. The second-order valence-electron chi connectivity index (χ2n) is 7.65. The fourth-order valence-corrected chi connectivity index (χ4v) is 2.66. The predicted octanol–water partition coefficient (Wildman–Crippen LogP) is 4.61. The van der Waals surface area contributed by atoms with Gasteiger partial charge in [-0.1, -0.05) is 38.1 Å². The number of amides is 1. The number of anilines is 1. The molecule has 1 heterocycles. The summed E-state index contributed by atoms with van der Waals surface area (Å²) in [4.78, 5) is 16.7. The Hall–Kier alpha value is -3.15. The Labute approximate surface area is 164 Å². The fourth-order valence-electron chi connectivity index (χ4n) is 2.66. The smallest absolute Gasteiger partial charge is 0.232 e. The van der Waals surface area contributed by atoms with E-state index in [1.54, 1.807) is 7.11 Å². The van der Waals surface area contributed by atoms with Crippen molar-refractivity contribution in [3.8, 4) is 17.1 Å². The van der Waals surface area contributed by atoms with Gasteiger partial charge in [0, 0.05) is 23.1 Å². The molecule has 6 nitrogen and oxygen atoms in total. The zero-order valence-electron chi connectivity index (χ0n) is 16.7. The van der Waals surface area contributed by atoms with Crippen LogP contribution >= 0.6 is 0 Å². The fraction of sp³-hybridized carbons (Fsp3) is 0.318. The standard InChI is InChI=1S/C22H25N3O3/c1-22(2,3)21-24-20(25-28-21)16-9-11-17(12-10-16)23-19(26)13-8-15-6-5-7-18(14-15)27-4/h5-7,9-12,14H,8,13H2,1-4H3,(H,23,26). The maximum absolute atomic E-state index is 12.2. The van der Waals surface area contributed by atoms with Gasteiger partial charge in [0.2, 0.25) is 17.6 Å². The summed E-state index contributed by atoms with van der Waals surface area (Å²) in [6, 6.07) is 15.2. The predicted molar refractivity (Wildman–Crippen MR) is 108 cm³/mol. The van der Waals surface area contributed by atoms with Crippen LogP contribution in [-0.2, 0) is 16.6 Å². The molecule has 28 heavy (non-hydrogen) atoms. The molecule has 0 fully saturated rings. The van der Waals surface area contributed by atoms with E-state index in [2.05, 4.69) is 15.5 Å². The second-order valence-corrected chi connectivity index (χ2v) is 7.65. The number of nitrogens with one attached hydrogen (secondary N) is 1. The minimum Gasteiger partial charge on any atom is -0.497 e. The first-order chi connectivity index (χ1) is 13.3. The van der Waals surface area contributed by atoms with Gasteiger partial charge in [-0.05, 0) is 48.4 Å². The third-order valence-corrected chi connectivity index (χ3v) is 4.27. The van der Waals surface area contributed by atoms with Crippen molar-refractivity contribution in [3.63, 3.8) is 0 Å². The molecule has 0 aliphatic carbocycles. The topological polar surface area (TPSA) is 77.2 Å². The highest BCUT2D eigenvalue weighted by Gasteiger charge is 2.22. The lowest BCUT2D eigenvalue weighted by molar-refractivity contribution is -0.116. The summed E-state index contributed by atoms with van der Waals surface area (Å²) < 4.78 is 10.5. The van der Waals surface area contributed by atoms with Crippen LogP contribution in [0.5, 0.6) is 5.75 Å². The number of ether oxygens (including phenoxy) is 1. The summed E-state index contributed by atoms with van der Waals surface area (Å²) in [6.07, 6.45) is 1.05. The summed E-state index contributed by atoms with van der Waals surface area (Å²) in [5, 5.41) is 6.95. The Bertz CT molecular complexity index is 940. The molecule has 0 aliphatic heterocycles. The number of benzene rings is 2. The first-order valence-electron chi connectivity index (χ1n) is 9.22. The van der Waals surface area contributed by atoms with E-state index in [-0.39, 0.29) is 11.3 Å². The largest absolute Gasteiger partial charge is 0.497 e. The lowest BCUT2D eigenvalue weighted by Gasteiger charge is -2.10. The molecule has 0 radical (unpaired) electrons. The average molecular weight is 379 g/mol. The van der Waals surface area contributed by atoms with Crippen molar-refractivity contribution >= 4 is 11.6 Å². The third-order valence-electron chi connectivity index (χ3n) is 4.27. The summed E-state index contributed by atoms with van der Waals surface area (Å²) in [6.45, 7) is 6.07. The Kier molecular flexibility index (Phi) is 5.78. The van der Waals surface area contributed by atoms with Gasteiger partial charge >= 0.3 is 0 Å². The molecule has 0 atom stereocenters. The van der Waals surface area contributed by atoms with Crippen LogP contribution in [0.3, 0.4) is 0 Å². The number of hydrogen-bond donors (Lipinski definition) is 1. The van der Waals surface area contributed by atoms with Crippen molar-refractivity contribution in [2.45, 2.75) is 39.0 Å². The van der Waals surface area contributed by atoms with E-state index in [0.717, 1.165) is 22.6 Å². The van der Waals surface area contributed by atoms with Crippen LogP contribution in [0.15, 0.2) is 53.1 Å². The molecule has 0 saturated heterocycles. The van der Waals surface area contributed by atoms with E-state index < -0.39 is 0 Å². The quantitative estimate of drug-likeness (QED) is 0.676. The van der Waals surface area contributed by atoms with Gasteiger partial charge < -0.3 is 14.6 Å². The summed E-state index contributed by atoms with van der Waals surface area (Å²) in [5.41, 5.74) is 2.45. The maximum Gasteiger partial charge on any atom is 0.232 e. The molecule has 6 heteroatoms. The van der Waals surface area contributed by atoms with Crippen LogP contribution in [0.2, 0.25) is 0 Å². The van der Waals surface area contributed by atoms with E-state index in [0.29, 0.717) is 24.6 Å². The molecule has 2 aromatic carbocycles. The Balaban J connectivity index is 1.57. The van der Waals surface area contributed by atoms with Crippen molar-refractivity contribution in [3.05, 3.63) is 60.0 Å². The Morgan fingerprint density at radius 2 is 1.89 bits per heavy atom. The van der Waals surface area contributed by atoms with Gasteiger partial charge in [0.05, 0.1) is 7.11 Å². The maximum atomic E-state index is 12.2. The summed E-state index contributed by atoms with van der Waals surface area (Å²) in [5.74, 6) is 1.90. The van der Waals surface area contributed by atoms with Gasteiger partial charge in [0.15, 0.2) is 0 Å². The van der Waals surface area contributed by atoms with Crippen molar-refractivity contribution in [1.82, 2.24) is 10.1 Å². The van der Waals surface area contributed by atoms with Crippen molar-refractivity contribution in [2.24, 2.45) is 0 Å². The number of aryl methyl sites for hydroxylation is 1. The molecule has 1 aromatic heterocycles. The van der Waals surface area contributed by atoms with Gasteiger partial charge in [-0.25, -0.2) is 0 Å². The summed E-state index contributed by atoms with van der Waals surface area (Å²) >= 11 is 0. The number of aromatic nitrogens is 2. The number of rotatable bonds is 6. The molecule has 1 N–H and O–H groups in total. The third kappa shape index (κ3) is 4.97. The van der Waals surface area contributed by atoms with Crippen molar-refractivity contribution in [1.29, 1.82) is 0 Å².